The number of fused-ring (bicyclic) bond motifs is 1. The molecule has 1 aromatic heterocycles. The molecule has 2 heterocycles. The standard InChI is InChI=1S/C12H20N4/c1-8(2)10-6-7-13-12-14-11(15-16(10)12)9-4-3-5-9/h8-10H,3-7H2,1-2H3,(H,13,14,15). The average molecular weight is 220 g/mol. The zero-order valence-corrected chi connectivity index (χ0v) is 10.1. The summed E-state index contributed by atoms with van der Waals surface area (Å²) in [7, 11) is 0. The summed E-state index contributed by atoms with van der Waals surface area (Å²) >= 11 is 0. The van der Waals surface area contributed by atoms with Gasteiger partial charge < -0.3 is 5.32 Å². The second-order valence-electron chi connectivity index (χ2n) is 5.39. The smallest absolute Gasteiger partial charge is 0.221 e. The van der Waals surface area contributed by atoms with E-state index in [-0.39, 0.29) is 0 Å². The maximum absolute atomic E-state index is 4.72. The van der Waals surface area contributed by atoms with Crippen molar-refractivity contribution >= 4 is 5.95 Å². The van der Waals surface area contributed by atoms with Crippen molar-refractivity contribution in [2.24, 2.45) is 5.92 Å². The highest BCUT2D eigenvalue weighted by atomic mass is 15.4. The molecule has 1 aromatic rings. The highest BCUT2D eigenvalue weighted by molar-refractivity contribution is 5.29. The molecule has 2 aliphatic rings. The lowest BCUT2D eigenvalue weighted by molar-refractivity contribution is 0.316. The van der Waals surface area contributed by atoms with Gasteiger partial charge in [-0.1, -0.05) is 20.3 Å². The lowest BCUT2D eigenvalue weighted by Gasteiger charge is -2.27. The van der Waals surface area contributed by atoms with E-state index < -0.39 is 0 Å². The van der Waals surface area contributed by atoms with Crippen molar-refractivity contribution in [2.75, 3.05) is 11.9 Å². The van der Waals surface area contributed by atoms with Crippen molar-refractivity contribution in [3.05, 3.63) is 5.82 Å². The minimum atomic E-state index is 0.526. The normalized spacial score (nSPS) is 25.1. The number of hydrogen-bond donors (Lipinski definition) is 1. The van der Waals surface area contributed by atoms with E-state index in [0.717, 1.165) is 24.7 Å². The van der Waals surface area contributed by atoms with Crippen molar-refractivity contribution in [3.8, 4) is 0 Å². The summed E-state index contributed by atoms with van der Waals surface area (Å²) < 4.78 is 2.13. The highest BCUT2D eigenvalue weighted by Gasteiger charge is 2.29. The van der Waals surface area contributed by atoms with Gasteiger partial charge in [0.2, 0.25) is 5.95 Å². The number of nitrogens with zero attached hydrogens (tertiary/aromatic N) is 3. The molecule has 0 amide bonds. The van der Waals surface area contributed by atoms with Crippen LogP contribution in [0.2, 0.25) is 0 Å². The molecule has 1 aliphatic carbocycles. The van der Waals surface area contributed by atoms with E-state index in [9.17, 15) is 0 Å². The Morgan fingerprint density at radius 1 is 1.31 bits per heavy atom. The van der Waals surface area contributed by atoms with E-state index in [1.807, 2.05) is 0 Å². The Kier molecular flexibility index (Phi) is 2.37. The van der Waals surface area contributed by atoms with Gasteiger partial charge >= 0.3 is 0 Å². The molecule has 1 N–H and O–H groups in total. The van der Waals surface area contributed by atoms with Gasteiger partial charge in [0.1, 0.15) is 0 Å². The number of rotatable bonds is 2. The van der Waals surface area contributed by atoms with Crippen molar-refractivity contribution in [3.63, 3.8) is 0 Å². The Balaban J connectivity index is 1.91. The summed E-state index contributed by atoms with van der Waals surface area (Å²) in [5.41, 5.74) is 0. The monoisotopic (exact) mass is 220 g/mol. The van der Waals surface area contributed by atoms with Gasteiger partial charge in [0, 0.05) is 12.5 Å². The topological polar surface area (TPSA) is 42.7 Å². The number of nitrogens with one attached hydrogen (secondary N) is 1. The Morgan fingerprint density at radius 3 is 2.75 bits per heavy atom. The summed E-state index contributed by atoms with van der Waals surface area (Å²) in [5.74, 6) is 3.33. The molecule has 0 aromatic carbocycles. The molecule has 1 saturated carbocycles. The fourth-order valence-corrected chi connectivity index (χ4v) is 2.60. The molecule has 0 bridgehead atoms. The van der Waals surface area contributed by atoms with Crippen LogP contribution in [-0.4, -0.2) is 21.3 Å². The molecule has 1 fully saturated rings. The zero-order valence-electron chi connectivity index (χ0n) is 10.1. The Bertz CT molecular complexity index is 378. The van der Waals surface area contributed by atoms with Crippen LogP contribution in [0.3, 0.4) is 0 Å². The first-order valence-corrected chi connectivity index (χ1v) is 6.46. The van der Waals surface area contributed by atoms with E-state index in [4.69, 9.17) is 5.10 Å². The molecular weight excluding hydrogens is 200 g/mol. The van der Waals surface area contributed by atoms with Crippen LogP contribution in [0.1, 0.15) is 57.3 Å². The minimum absolute atomic E-state index is 0.526. The molecule has 0 saturated heterocycles. The van der Waals surface area contributed by atoms with E-state index in [2.05, 4.69) is 28.8 Å². The van der Waals surface area contributed by atoms with Crippen molar-refractivity contribution in [2.45, 2.75) is 51.5 Å². The summed E-state index contributed by atoms with van der Waals surface area (Å²) in [5, 5.41) is 8.08. The van der Waals surface area contributed by atoms with Gasteiger partial charge in [-0.2, -0.15) is 10.1 Å². The summed E-state index contributed by atoms with van der Waals surface area (Å²) in [6.07, 6.45) is 5.05. The third-order valence-corrected chi connectivity index (χ3v) is 3.92. The van der Waals surface area contributed by atoms with Crippen LogP contribution >= 0.6 is 0 Å². The summed E-state index contributed by atoms with van der Waals surface area (Å²) in [6, 6.07) is 0.526. The van der Waals surface area contributed by atoms with E-state index in [1.54, 1.807) is 0 Å². The molecule has 1 unspecified atom stereocenters. The molecule has 4 nitrogen and oxygen atoms in total. The lowest BCUT2D eigenvalue weighted by atomic mass is 9.85. The molecule has 0 spiro atoms. The molecule has 88 valence electrons. The SMILES string of the molecule is CC(C)C1CCNc2nc(C3CCC3)nn21. The first-order chi connectivity index (χ1) is 7.75. The minimum Gasteiger partial charge on any atom is -0.354 e. The molecular formula is C12H20N4. The van der Waals surface area contributed by atoms with Gasteiger partial charge in [-0.05, 0) is 25.2 Å². The first-order valence-electron chi connectivity index (χ1n) is 6.46. The van der Waals surface area contributed by atoms with Gasteiger partial charge in [0.05, 0.1) is 6.04 Å². The quantitative estimate of drug-likeness (QED) is 0.833. The number of anilines is 1. The Hall–Kier alpha value is -1.06. The summed E-state index contributed by atoms with van der Waals surface area (Å²) in [4.78, 5) is 4.65. The van der Waals surface area contributed by atoms with Gasteiger partial charge in [-0.15, -0.1) is 0 Å². The maximum atomic E-state index is 4.72. The largest absolute Gasteiger partial charge is 0.354 e. The van der Waals surface area contributed by atoms with Crippen LogP contribution in [0.5, 0.6) is 0 Å². The van der Waals surface area contributed by atoms with E-state index in [0.29, 0.717) is 17.9 Å². The average Bonchev–Trinajstić information content (AvgIpc) is 2.56. The third kappa shape index (κ3) is 1.51. The molecule has 1 atom stereocenters. The molecule has 0 radical (unpaired) electrons. The number of aromatic nitrogens is 3. The second kappa shape index (κ2) is 3.75. The predicted molar refractivity (Wildman–Crippen MR) is 63.6 cm³/mol. The maximum Gasteiger partial charge on any atom is 0.221 e. The number of hydrogen-bond acceptors (Lipinski definition) is 3. The van der Waals surface area contributed by atoms with Crippen LogP contribution in [-0.2, 0) is 0 Å². The van der Waals surface area contributed by atoms with E-state index in [1.165, 1.54) is 19.3 Å². The molecule has 3 rings (SSSR count). The fourth-order valence-electron chi connectivity index (χ4n) is 2.60. The van der Waals surface area contributed by atoms with Gasteiger partial charge in [0.15, 0.2) is 5.82 Å². The zero-order chi connectivity index (χ0) is 11.1. The Labute approximate surface area is 96.4 Å². The van der Waals surface area contributed by atoms with Crippen LogP contribution in [0.15, 0.2) is 0 Å². The van der Waals surface area contributed by atoms with Gasteiger partial charge in [0.25, 0.3) is 0 Å². The van der Waals surface area contributed by atoms with E-state index >= 15 is 0 Å². The lowest BCUT2D eigenvalue weighted by Crippen LogP contribution is -2.27. The van der Waals surface area contributed by atoms with Gasteiger partial charge in [-0.25, -0.2) is 4.68 Å². The van der Waals surface area contributed by atoms with Crippen molar-refractivity contribution in [1.82, 2.24) is 14.8 Å². The van der Waals surface area contributed by atoms with Crippen LogP contribution in [0.4, 0.5) is 5.95 Å². The van der Waals surface area contributed by atoms with Crippen molar-refractivity contribution in [1.29, 1.82) is 0 Å². The molecule has 16 heavy (non-hydrogen) atoms. The second-order valence-corrected chi connectivity index (χ2v) is 5.39. The third-order valence-electron chi connectivity index (χ3n) is 3.92. The van der Waals surface area contributed by atoms with Crippen LogP contribution in [0.25, 0.3) is 0 Å². The summed E-state index contributed by atoms with van der Waals surface area (Å²) in [6.45, 7) is 5.57. The predicted octanol–water partition coefficient (Wildman–Crippen LogP) is 2.56. The fraction of sp³-hybridized carbons (Fsp3) is 0.833. The van der Waals surface area contributed by atoms with Gasteiger partial charge in [-0.3, -0.25) is 0 Å². The van der Waals surface area contributed by atoms with Crippen LogP contribution < -0.4 is 5.32 Å². The molecule has 4 heteroatoms. The first kappa shape index (κ1) is 10.1. The molecule has 1 aliphatic heterocycles. The van der Waals surface area contributed by atoms with Crippen molar-refractivity contribution < 1.29 is 0 Å². The van der Waals surface area contributed by atoms with Crippen LogP contribution in [0, 0.1) is 5.92 Å². The Morgan fingerprint density at radius 2 is 2.12 bits per heavy atom. The highest BCUT2D eigenvalue weighted by Crippen LogP contribution is 2.37.